The maximum absolute atomic E-state index is 11.7. The second kappa shape index (κ2) is 11.7. The fraction of sp³-hybridized carbons (Fsp3) is 0.722. The van der Waals surface area contributed by atoms with E-state index in [1.807, 2.05) is 20.8 Å². The van der Waals surface area contributed by atoms with Crippen LogP contribution >= 0.6 is 0 Å². The van der Waals surface area contributed by atoms with Gasteiger partial charge in [0, 0.05) is 12.1 Å². The Morgan fingerprint density at radius 2 is 1.93 bits per heavy atom. The number of carbonyl (C=O) groups is 1. The summed E-state index contributed by atoms with van der Waals surface area (Å²) < 4.78 is 7.09. The third-order valence-corrected chi connectivity index (χ3v) is 4.07. The molecule has 2 heterocycles. The molecule has 1 aromatic rings. The Bertz CT molecular complexity index is 632. The van der Waals surface area contributed by atoms with E-state index in [1.165, 1.54) is 4.57 Å². The van der Waals surface area contributed by atoms with Crippen LogP contribution in [0.1, 0.15) is 54.2 Å². The molecule has 2 rings (SSSR count). The van der Waals surface area contributed by atoms with Gasteiger partial charge >= 0.3 is 11.7 Å². The number of aliphatic hydroxyl groups excluding tert-OH is 1. The molecule has 1 unspecified atom stereocenters. The Hall–Kier alpha value is -1.97. The van der Waals surface area contributed by atoms with Crippen LogP contribution < -0.4 is 17.2 Å². The van der Waals surface area contributed by atoms with E-state index in [9.17, 15) is 14.7 Å². The number of aromatic nitrogens is 2. The van der Waals surface area contributed by atoms with E-state index in [1.54, 1.807) is 33.0 Å². The summed E-state index contributed by atoms with van der Waals surface area (Å²) in [5.41, 5.74) is 10.2. The molecule has 0 saturated carbocycles. The number of carboxylic acid groups (broad SMARTS) is 1. The zero-order valence-corrected chi connectivity index (χ0v) is 17.0. The Morgan fingerprint density at radius 3 is 2.26 bits per heavy atom. The standard InChI is InChI=1S/C11H17N3O3.C5H11NO2.C2H6/c1-6-5-8(7(2)15)17-10(6)14-4-3-9(12)13-11(14)16;1-3(2)4(6)5(7)8;1-2/h3-4,6-8,10,15H,5H2,1-2H3,(H2,12,13,16);3-4H,6H2,1-2H3,(H,7,8);1-2H3/t6-,7-,8?,10+;4-;/m00./s1. The number of aliphatic hydroxyl groups is 1. The summed E-state index contributed by atoms with van der Waals surface area (Å²) in [5.74, 6) is -0.561. The molecule has 0 aliphatic carbocycles. The highest BCUT2D eigenvalue weighted by atomic mass is 16.5. The molecule has 156 valence electrons. The second-order valence-electron chi connectivity index (χ2n) is 6.67. The van der Waals surface area contributed by atoms with Crippen LogP contribution in [-0.2, 0) is 9.53 Å². The number of nitrogens with two attached hydrogens (primary N) is 2. The van der Waals surface area contributed by atoms with E-state index in [0.717, 1.165) is 6.42 Å². The number of rotatable bonds is 4. The maximum atomic E-state index is 11.7. The number of carboxylic acids is 1. The first-order valence-corrected chi connectivity index (χ1v) is 9.21. The molecule has 1 aromatic heterocycles. The van der Waals surface area contributed by atoms with Crippen LogP contribution in [0.5, 0.6) is 0 Å². The molecule has 5 atom stereocenters. The van der Waals surface area contributed by atoms with Crippen LogP contribution in [0.15, 0.2) is 17.1 Å². The third kappa shape index (κ3) is 7.66. The molecule has 1 fully saturated rings. The molecule has 9 heteroatoms. The Balaban J connectivity index is 0.000000574. The highest BCUT2D eigenvalue weighted by molar-refractivity contribution is 5.73. The molecule has 0 spiro atoms. The zero-order chi connectivity index (χ0) is 21.3. The van der Waals surface area contributed by atoms with Crippen LogP contribution in [0, 0.1) is 11.8 Å². The van der Waals surface area contributed by atoms with Gasteiger partial charge in [0.05, 0.1) is 12.2 Å². The van der Waals surface area contributed by atoms with Gasteiger partial charge in [0.25, 0.3) is 0 Å². The average Bonchev–Trinajstić information content (AvgIpc) is 2.98. The van der Waals surface area contributed by atoms with Gasteiger partial charge in [0.15, 0.2) is 0 Å². The van der Waals surface area contributed by atoms with Gasteiger partial charge in [-0.3, -0.25) is 9.36 Å². The van der Waals surface area contributed by atoms with E-state index in [4.69, 9.17) is 21.3 Å². The normalized spacial score (nSPS) is 23.5. The number of hydrogen-bond acceptors (Lipinski definition) is 7. The monoisotopic (exact) mass is 386 g/mol. The van der Waals surface area contributed by atoms with Crippen molar-refractivity contribution in [1.82, 2.24) is 9.55 Å². The first-order valence-electron chi connectivity index (χ1n) is 9.21. The molecule has 9 nitrogen and oxygen atoms in total. The summed E-state index contributed by atoms with van der Waals surface area (Å²) >= 11 is 0. The molecule has 0 aromatic carbocycles. The molecular weight excluding hydrogens is 352 g/mol. The molecular formula is C18H34N4O5. The fourth-order valence-electron chi connectivity index (χ4n) is 2.41. The number of ether oxygens (including phenoxy) is 1. The molecule has 1 aliphatic heterocycles. The van der Waals surface area contributed by atoms with Gasteiger partial charge in [-0.25, -0.2) is 4.79 Å². The Morgan fingerprint density at radius 1 is 1.37 bits per heavy atom. The summed E-state index contributed by atoms with van der Waals surface area (Å²) in [6.45, 7) is 11.2. The lowest BCUT2D eigenvalue weighted by Crippen LogP contribution is -2.34. The van der Waals surface area contributed by atoms with Crippen molar-refractivity contribution in [3.8, 4) is 0 Å². The molecule has 1 aliphatic rings. The largest absolute Gasteiger partial charge is 0.480 e. The first-order chi connectivity index (χ1) is 12.5. The first kappa shape index (κ1) is 25.0. The van der Waals surface area contributed by atoms with E-state index >= 15 is 0 Å². The van der Waals surface area contributed by atoms with Crippen molar-refractivity contribution < 1.29 is 19.7 Å². The van der Waals surface area contributed by atoms with Crippen molar-refractivity contribution in [2.45, 2.75) is 72.4 Å². The number of nitrogen functional groups attached to an aromatic ring is 1. The molecule has 6 N–H and O–H groups in total. The predicted octanol–water partition coefficient (Wildman–Crippen LogP) is 1.21. The molecule has 0 radical (unpaired) electrons. The lowest BCUT2D eigenvalue weighted by atomic mass is 10.0. The van der Waals surface area contributed by atoms with Crippen LogP contribution in [0.2, 0.25) is 0 Å². The zero-order valence-electron chi connectivity index (χ0n) is 17.0. The van der Waals surface area contributed by atoms with Gasteiger partial charge < -0.3 is 26.4 Å². The summed E-state index contributed by atoms with van der Waals surface area (Å²) in [6, 6.07) is 0.850. The number of nitrogens with zero attached hydrogens (tertiary/aromatic N) is 2. The smallest absolute Gasteiger partial charge is 0.351 e. The SMILES string of the molecule is CC.CC(C)[C@H](N)C(=O)O.C[C@H](O)C1C[C@H](C)[C@H](n2ccc(N)nc2=O)O1. The van der Waals surface area contributed by atoms with Gasteiger partial charge in [0.2, 0.25) is 0 Å². The van der Waals surface area contributed by atoms with Gasteiger partial charge in [-0.1, -0.05) is 34.6 Å². The maximum Gasteiger partial charge on any atom is 0.351 e. The summed E-state index contributed by atoms with van der Waals surface area (Å²) in [5, 5.41) is 17.7. The van der Waals surface area contributed by atoms with Crippen LogP contribution in [0.25, 0.3) is 0 Å². The third-order valence-electron chi connectivity index (χ3n) is 4.07. The molecule has 0 bridgehead atoms. The van der Waals surface area contributed by atoms with Crippen LogP contribution in [0.3, 0.4) is 0 Å². The summed E-state index contributed by atoms with van der Waals surface area (Å²) in [4.78, 5) is 25.4. The lowest BCUT2D eigenvalue weighted by molar-refractivity contribution is -0.139. The summed E-state index contributed by atoms with van der Waals surface area (Å²) in [7, 11) is 0. The van der Waals surface area contributed by atoms with Crippen LogP contribution in [0.4, 0.5) is 5.82 Å². The van der Waals surface area contributed by atoms with E-state index < -0.39 is 23.8 Å². The second-order valence-corrected chi connectivity index (χ2v) is 6.67. The fourth-order valence-corrected chi connectivity index (χ4v) is 2.41. The van der Waals surface area contributed by atoms with Gasteiger partial charge in [0.1, 0.15) is 18.1 Å². The number of aliphatic carboxylic acids is 1. The van der Waals surface area contributed by atoms with Crippen LogP contribution in [-0.4, -0.2) is 44.0 Å². The topological polar surface area (TPSA) is 154 Å². The van der Waals surface area contributed by atoms with E-state index in [2.05, 4.69) is 4.98 Å². The van der Waals surface area contributed by atoms with E-state index in [0.29, 0.717) is 0 Å². The molecule has 27 heavy (non-hydrogen) atoms. The lowest BCUT2D eigenvalue weighted by Gasteiger charge is -2.18. The van der Waals surface area contributed by atoms with Gasteiger partial charge in [-0.2, -0.15) is 4.98 Å². The minimum atomic E-state index is -0.931. The van der Waals surface area contributed by atoms with Crippen molar-refractivity contribution in [2.24, 2.45) is 17.6 Å². The highest BCUT2D eigenvalue weighted by Gasteiger charge is 2.36. The molecule has 1 saturated heterocycles. The average molecular weight is 386 g/mol. The number of anilines is 1. The highest BCUT2D eigenvalue weighted by Crippen LogP contribution is 2.34. The Labute approximate surface area is 160 Å². The van der Waals surface area contributed by atoms with Crippen molar-refractivity contribution in [2.75, 3.05) is 5.73 Å². The molecule has 0 amide bonds. The van der Waals surface area contributed by atoms with Crippen molar-refractivity contribution in [3.05, 3.63) is 22.7 Å². The van der Waals surface area contributed by atoms with Gasteiger partial charge in [-0.05, 0) is 25.3 Å². The van der Waals surface area contributed by atoms with Crippen molar-refractivity contribution in [3.63, 3.8) is 0 Å². The minimum absolute atomic E-state index is 0.0208. The Kier molecular flexibility index (Phi) is 10.8. The van der Waals surface area contributed by atoms with Gasteiger partial charge in [-0.15, -0.1) is 0 Å². The minimum Gasteiger partial charge on any atom is -0.480 e. The van der Waals surface area contributed by atoms with Crippen molar-refractivity contribution in [1.29, 1.82) is 0 Å². The van der Waals surface area contributed by atoms with Crippen molar-refractivity contribution >= 4 is 11.8 Å². The predicted molar refractivity (Wildman–Crippen MR) is 104 cm³/mol. The van der Waals surface area contributed by atoms with E-state index in [-0.39, 0.29) is 30.0 Å². The quantitative estimate of drug-likeness (QED) is 0.602. The summed E-state index contributed by atoms with van der Waals surface area (Å²) in [6.07, 6.45) is 1.14. The number of hydrogen-bond donors (Lipinski definition) is 4.